The topological polar surface area (TPSA) is 41.1 Å². The van der Waals surface area contributed by atoms with Gasteiger partial charge in [-0.2, -0.15) is 0 Å². The van der Waals surface area contributed by atoms with Gasteiger partial charge in [-0.15, -0.1) is 0 Å². The Morgan fingerprint density at radius 2 is 2.12 bits per heavy atom. The van der Waals surface area contributed by atoms with Crippen LogP contribution in [0.5, 0.6) is 0 Å². The van der Waals surface area contributed by atoms with Gasteiger partial charge in [0.2, 0.25) is 5.91 Å². The minimum Gasteiger partial charge on any atom is -0.355 e. The van der Waals surface area contributed by atoms with E-state index in [0.29, 0.717) is 12.1 Å². The number of benzene rings is 1. The van der Waals surface area contributed by atoms with Crippen LogP contribution >= 0.6 is 0 Å². The molecule has 3 nitrogen and oxygen atoms in total. The molecule has 0 fully saturated rings. The van der Waals surface area contributed by atoms with Crippen molar-refractivity contribution in [1.29, 1.82) is 0 Å². The molecule has 5 heteroatoms. The molecule has 0 radical (unpaired) electrons. The van der Waals surface area contributed by atoms with E-state index in [9.17, 15) is 13.6 Å². The quantitative estimate of drug-likeness (QED) is 0.795. The highest BCUT2D eigenvalue weighted by Crippen LogP contribution is 2.08. The molecule has 0 aliphatic rings. The molecule has 2 N–H and O–H groups in total. The third-order valence-corrected chi connectivity index (χ3v) is 2.19. The first-order chi connectivity index (χ1) is 8.13. The standard InChI is InChI=1S/C12H16F2N2O/c1-2-5-16-12(17)8-15-7-9-3-4-10(13)6-11(9)14/h3-4,6,15H,2,5,7-8H2,1H3,(H,16,17). The number of rotatable bonds is 6. The van der Waals surface area contributed by atoms with Crippen LogP contribution in [0.15, 0.2) is 18.2 Å². The number of carbonyl (C=O) groups excluding carboxylic acids is 1. The highest BCUT2D eigenvalue weighted by Gasteiger charge is 2.04. The zero-order valence-corrected chi connectivity index (χ0v) is 9.72. The number of amides is 1. The first-order valence-corrected chi connectivity index (χ1v) is 5.54. The molecule has 1 aromatic rings. The minimum absolute atomic E-state index is 0.122. The lowest BCUT2D eigenvalue weighted by molar-refractivity contribution is -0.120. The van der Waals surface area contributed by atoms with E-state index < -0.39 is 11.6 Å². The first kappa shape index (κ1) is 13.6. The van der Waals surface area contributed by atoms with E-state index in [2.05, 4.69) is 10.6 Å². The Hall–Kier alpha value is -1.49. The number of hydrogen-bond acceptors (Lipinski definition) is 2. The predicted octanol–water partition coefficient (Wildman–Crippen LogP) is 1.58. The van der Waals surface area contributed by atoms with Crippen LogP contribution in [0.3, 0.4) is 0 Å². The van der Waals surface area contributed by atoms with Crippen molar-refractivity contribution in [2.24, 2.45) is 0 Å². The molecular formula is C12H16F2N2O. The molecule has 0 atom stereocenters. The van der Waals surface area contributed by atoms with Crippen LogP contribution in [0, 0.1) is 11.6 Å². The molecule has 0 unspecified atom stereocenters. The number of hydrogen-bond donors (Lipinski definition) is 2. The van der Waals surface area contributed by atoms with E-state index in [0.717, 1.165) is 12.5 Å². The second-order valence-corrected chi connectivity index (χ2v) is 3.69. The smallest absolute Gasteiger partial charge is 0.233 e. The van der Waals surface area contributed by atoms with Crippen molar-refractivity contribution < 1.29 is 13.6 Å². The SMILES string of the molecule is CCCNC(=O)CNCc1ccc(F)cc1F. The van der Waals surface area contributed by atoms with E-state index in [1.54, 1.807) is 0 Å². The van der Waals surface area contributed by atoms with Gasteiger partial charge in [0.05, 0.1) is 6.54 Å². The summed E-state index contributed by atoms with van der Waals surface area (Å²) >= 11 is 0. The maximum absolute atomic E-state index is 13.2. The average Bonchev–Trinajstić information content (AvgIpc) is 2.29. The lowest BCUT2D eigenvalue weighted by atomic mass is 10.2. The summed E-state index contributed by atoms with van der Waals surface area (Å²) in [5, 5.41) is 5.48. The predicted molar refractivity (Wildman–Crippen MR) is 61.4 cm³/mol. The summed E-state index contributed by atoms with van der Waals surface area (Å²) in [4.78, 5) is 11.2. The van der Waals surface area contributed by atoms with Crippen molar-refractivity contribution in [2.75, 3.05) is 13.1 Å². The molecule has 0 aliphatic heterocycles. The third-order valence-electron chi connectivity index (χ3n) is 2.19. The van der Waals surface area contributed by atoms with Crippen LogP contribution in [-0.4, -0.2) is 19.0 Å². The van der Waals surface area contributed by atoms with Gasteiger partial charge in [-0.25, -0.2) is 8.78 Å². The van der Waals surface area contributed by atoms with Crippen LogP contribution < -0.4 is 10.6 Å². The molecule has 0 aliphatic carbocycles. The van der Waals surface area contributed by atoms with Crippen molar-refractivity contribution in [2.45, 2.75) is 19.9 Å². The first-order valence-electron chi connectivity index (χ1n) is 5.54. The monoisotopic (exact) mass is 242 g/mol. The Kier molecular flexibility index (Phi) is 5.56. The van der Waals surface area contributed by atoms with Crippen molar-refractivity contribution in [1.82, 2.24) is 10.6 Å². The Morgan fingerprint density at radius 3 is 2.76 bits per heavy atom. The molecule has 1 amide bonds. The highest BCUT2D eigenvalue weighted by atomic mass is 19.1. The fourth-order valence-electron chi connectivity index (χ4n) is 1.30. The van der Waals surface area contributed by atoms with Gasteiger partial charge in [0.1, 0.15) is 11.6 Å². The van der Waals surface area contributed by atoms with E-state index >= 15 is 0 Å². The highest BCUT2D eigenvalue weighted by molar-refractivity contribution is 5.77. The molecule has 1 rings (SSSR count). The van der Waals surface area contributed by atoms with Crippen LogP contribution in [0.4, 0.5) is 8.78 Å². The van der Waals surface area contributed by atoms with E-state index in [-0.39, 0.29) is 19.0 Å². The fourth-order valence-corrected chi connectivity index (χ4v) is 1.30. The second kappa shape index (κ2) is 6.96. The summed E-state index contributed by atoms with van der Waals surface area (Å²) in [6.45, 7) is 2.91. The Labute approximate surface area is 99.2 Å². The minimum atomic E-state index is -0.605. The molecule has 1 aromatic carbocycles. The van der Waals surface area contributed by atoms with Gasteiger partial charge in [-0.1, -0.05) is 13.0 Å². The van der Waals surface area contributed by atoms with Gasteiger partial charge in [0, 0.05) is 24.7 Å². The van der Waals surface area contributed by atoms with Crippen molar-refractivity contribution in [3.05, 3.63) is 35.4 Å². The molecule has 0 bridgehead atoms. The average molecular weight is 242 g/mol. The van der Waals surface area contributed by atoms with Crippen LogP contribution in [0.25, 0.3) is 0 Å². The molecule has 0 heterocycles. The fraction of sp³-hybridized carbons (Fsp3) is 0.417. The van der Waals surface area contributed by atoms with E-state index in [4.69, 9.17) is 0 Å². The summed E-state index contributed by atoms with van der Waals surface area (Å²) in [5.74, 6) is -1.34. The van der Waals surface area contributed by atoms with Crippen molar-refractivity contribution >= 4 is 5.91 Å². The number of halogens is 2. The molecule has 0 saturated heterocycles. The molecule has 0 aromatic heterocycles. The summed E-state index contributed by atoms with van der Waals surface area (Å²) in [7, 11) is 0. The molecule has 0 spiro atoms. The zero-order valence-electron chi connectivity index (χ0n) is 9.72. The molecular weight excluding hydrogens is 226 g/mol. The molecule has 17 heavy (non-hydrogen) atoms. The lowest BCUT2D eigenvalue weighted by Crippen LogP contribution is -2.34. The van der Waals surface area contributed by atoms with Gasteiger partial charge in [-0.3, -0.25) is 4.79 Å². The largest absolute Gasteiger partial charge is 0.355 e. The lowest BCUT2D eigenvalue weighted by Gasteiger charge is -2.06. The van der Waals surface area contributed by atoms with Crippen molar-refractivity contribution in [3.8, 4) is 0 Å². The summed E-state index contributed by atoms with van der Waals surface area (Å²) < 4.78 is 25.8. The van der Waals surface area contributed by atoms with Crippen LogP contribution in [0.2, 0.25) is 0 Å². The van der Waals surface area contributed by atoms with E-state index in [1.807, 2.05) is 6.92 Å². The van der Waals surface area contributed by atoms with Gasteiger partial charge < -0.3 is 10.6 Å². The summed E-state index contributed by atoms with van der Waals surface area (Å²) in [5.41, 5.74) is 0.342. The Bertz CT molecular complexity index is 383. The molecule has 0 saturated carbocycles. The van der Waals surface area contributed by atoms with Crippen molar-refractivity contribution in [3.63, 3.8) is 0 Å². The van der Waals surface area contributed by atoms with Gasteiger partial charge >= 0.3 is 0 Å². The number of nitrogens with one attached hydrogen (secondary N) is 2. The second-order valence-electron chi connectivity index (χ2n) is 3.69. The summed E-state index contributed by atoms with van der Waals surface area (Å²) in [6.07, 6.45) is 0.873. The van der Waals surface area contributed by atoms with Gasteiger partial charge in [0.15, 0.2) is 0 Å². The Balaban J connectivity index is 2.33. The number of carbonyl (C=O) groups is 1. The van der Waals surface area contributed by atoms with E-state index in [1.165, 1.54) is 12.1 Å². The van der Waals surface area contributed by atoms with Gasteiger partial charge in [0.25, 0.3) is 0 Å². The summed E-state index contributed by atoms with van der Waals surface area (Å²) in [6, 6.07) is 3.38. The maximum atomic E-state index is 13.2. The molecule has 94 valence electrons. The Morgan fingerprint density at radius 1 is 1.35 bits per heavy atom. The normalized spacial score (nSPS) is 10.3. The zero-order chi connectivity index (χ0) is 12.7. The maximum Gasteiger partial charge on any atom is 0.233 e. The van der Waals surface area contributed by atoms with Gasteiger partial charge in [-0.05, 0) is 12.5 Å². The third kappa shape index (κ3) is 4.91. The van der Waals surface area contributed by atoms with Crippen LogP contribution in [0.1, 0.15) is 18.9 Å². The van der Waals surface area contributed by atoms with Crippen LogP contribution in [-0.2, 0) is 11.3 Å².